The van der Waals surface area contributed by atoms with Gasteiger partial charge in [0, 0.05) is 15.8 Å². The van der Waals surface area contributed by atoms with E-state index >= 15 is 0 Å². The van der Waals surface area contributed by atoms with Crippen molar-refractivity contribution in [2.75, 3.05) is 7.05 Å². The molecular weight excluding hydrogens is 246 g/mol. The van der Waals surface area contributed by atoms with Gasteiger partial charge in [0.2, 0.25) is 0 Å². The molecule has 2 rings (SSSR count). The molecule has 2 aromatic heterocycles. The zero-order valence-corrected chi connectivity index (χ0v) is 11.8. The summed E-state index contributed by atoms with van der Waals surface area (Å²) in [6, 6.07) is 9.36. The third-order valence-electron chi connectivity index (χ3n) is 2.99. The zero-order chi connectivity index (χ0) is 11.9. The summed E-state index contributed by atoms with van der Waals surface area (Å²) in [5.74, 6) is 0. The molecule has 0 bridgehead atoms. The standard InChI is InChI=1S/C14H19NS2/c1-15-12(11-14-8-4-10-17-14)5-2-6-13-7-3-9-16-13/h3-4,7-10,12,15H,2,5-6,11H2,1H3. The third-order valence-corrected chi connectivity index (χ3v) is 4.83. The molecule has 1 nitrogen and oxygen atoms in total. The first kappa shape index (κ1) is 12.8. The number of hydrogen-bond acceptors (Lipinski definition) is 3. The van der Waals surface area contributed by atoms with Crippen molar-refractivity contribution in [2.24, 2.45) is 0 Å². The highest BCUT2D eigenvalue weighted by Crippen LogP contribution is 2.16. The van der Waals surface area contributed by atoms with Crippen molar-refractivity contribution in [3.8, 4) is 0 Å². The average Bonchev–Trinajstić information content (AvgIpc) is 3.00. The normalized spacial score (nSPS) is 12.8. The SMILES string of the molecule is CNC(CCCc1cccs1)Cc1cccs1. The average molecular weight is 265 g/mol. The van der Waals surface area contributed by atoms with Gasteiger partial charge in [-0.25, -0.2) is 0 Å². The Hall–Kier alpha value is -0.640. The summed E-state index contributed by atoms with van der Waals surface area (Å²) in [5, 5.41) is 7.75. The van der Waals surface area contributed by atoms with Gasteiger partial charge in [-0.15, -0.1) is 22.7 Å². The van der Waals surface area contributed by atoms with Crippen LogP contribution in [0.3, 0.4) is 0 Å². The summed E-state index contributed by atoms with van der Waals surface area (Å²) in [7, 11) is 2.07. The van der Waals surface area contributed by atoms with Crippen molar-refractivity contribution in [1.82, 2.24) is 5.32 Å². The van der Waals surface area contributed by atoms with Crippen molar-refractivity contribution in [3.63, 3.8) is 0 Å². The van der Waals surface area contributed by atoms with Crippen LogP contribution in [0.4, 0.5) is 0 Å². The van der Waals surface area contributed by atoms with Crippen LogP contribution in [0, 0.1) is 0 Å². The highest BCUT2D eigenvalue weighted by Gasteiger charge is 2.07. The number of thiophene rings is 2. The van der Waals surface area contributed by atoms with E-state index in [1.807, 2.05) is 22.7 Å². The molecule has 0 saturated heterocycles. The van der Waals surface area contributed by atoms with E-state index in [0.29, 0.717) is 6.04 Å². The monoisotopic (exact) mass is 265 g/mol. The Morgan fingerprint density at radius 1 is 1.12 bits per heavy atom. The number of rotatable bonds is 7. The van der Waals surface area contributed by atoms with Gasteiger partial charge in [0.1, 0.15) is 0 Å². The summed E-state index contributed by atoms with van der Waals surface area (Å²) < 4.78 is 0. The fourth-order valence-electron chi connectivity index (χ4n) is 2.00. The van der Waals surface area contributed by atoms with Crippen LogP contribution in [0.2, 0.25) is 0 Å². The second kappa shape index (κ2) is 6.94. The Kier molecular flexibility index (Phi) is 5.23. The van der Waals surface area contributed by atoms with Gasteiger partial charge < -0.3 is 5.32 Å². The Morgan fingerprint density at radius 3 is 2.41 bits per heavy atom. The highest BCUT2D eigenvalue weighted by molar-refractivity contribution is 7.10. The van der Waals surface area contributed by atoms with E-state index in [1.165, 1.54) is 35.4 Å². The van der Waals surface area contributed by atoms with Gasteiger partial charge in [-0.2, -0.15) is 0 Å². The van der Waals surface area contributed by atoms with Gasteiger partial charge in [-0.1, -0.05) is 12.1 Å². The fourth-order valence-corrected chi connectivity index (χ4v) is 3.54. The lowest BCUT2D eigenvalue weighted by atomic mass is 10.1. The van der Waals surface area contributed by atoms with Crippen LogP contribution in [0.25, 0.3) is 0 Å². The van der Waals surface area contributed by atoms with Gasteiger partial charge in [0.25, 0.3) is 0 Å². The zero-order valence-electron chi connectivity index (χ0n) is 10.2. The minimum absolute atomic E-state index is 0.619. The molecule has 1 N–H and O–H groups in total. The van der Waals surface area contributed by atoms with Crippen LogP contribution in [0.1, 0.15) is 22.6 Å². The maximum Gasteiger partial charge on any atom is 0.0112 e. The van der Waals surface area contributed by atoms with Gasteiger partial charge >= 0.3 is 0 Å². The Labute approximate surface area is 112 Å². The van der Waals surface area contributed by atoms with Gasteiger partial charge in [0.15, 0.2) is 0 Å². The molecule has 0 spiro atoms. The van der Waals surface area contributed by atoms with Gasteiger partial charge in [-0.3, -0.25) is 0 Å². The molecule has 0 radical (unpaired) electrons. The smallest absolute Gasteiger partial charge is 0.0112 e. The first-order chi connectivity index (χ1) is 8.38. The molecule has 3 heteroatoms. The van der Waals surface area contributed by atoms with Gasteiger partial charge in [-0.05, 0) is 55.6 Å². The van der Waals surface area contributed by atoms with Crippen LogP contribution >= 0.6 is 22.7 Å². The third kappa shape index (κ3) is 4.26. The molecule has 0 fully saturated rings. The predicted octanol–water partition coefficient (Wildman–Crippen LogP) is 3.96. The lowest BCUT2D eigenvalue weighted by Crippen LogP contribution is -2.27. The van der Waals surface area contributed by atoms with Crippen LogP contribution in [0.15, 0.2) is 35.0 Å². The first-order valence-corrected chi connectivity index (χ1v) is 7.86. The molecule has 1 unspecified atom stereocenters. The summed E-state index contributed by atoms with van der Waals surface area (Å²) in [6.07, 6.45) is 4.92. The predicted molar refractivity (Wildman–Crippen MR) is 78.1 cm³/mol. The summed E-state index contributed by atoms with van der Waals surface area (Å²) in [4.78, 5) is 3.00. The Bertz CT molecular complexity index is 392. The molecule has 0 aliphatic heterocycles. The van der Waals surface area contributed by atoms with E-state index in [9.17, 15) is 0 Å². The summed E-state index contributed by atoms with van der Waals surface area (Å²) in [5.41, 5.74) is 0. The summed E-state index contributed by atoms with van der Waals surface area (Å²) >= 11 is 3.73. The van der Waals surface area contributed by atoms with E-state index in [-0.39, 0.29) is 0 Å². The van der Waals surface area contributed by atoms with Crippen molar-refractivity contribution >= 4 is 22.7 Å². The van der Waals surface area contributed by atoms with Crippen LogP contribution in [-0.2, 0) is 12.8 Å². The number of likely N-dealkylation sites (N-methyl/N-ethyl adjacent to an activating group) is 1. The Morgan fingerprint density at radius 2 is 1.82 bits per heavy atom. The molecular formula is C14H19NS2. The quantitative estimate of drug-likeness (QED) is 0.799. The topological polar surface area (TPSA) is 12.0 Å². The van der Waals surface area contributed by atoms with Crippen LogP contribution in [0.5, 0.6) is 0 Å². The van der Waals surface area contributed by atoms with Crippen molar-refractivity contribution < 1.29 is 0 Å². The van der Waals surface area contributed by atoms with E-state index in [2.05, 4.69) is 47.4 Å². The number of nitrogens with one attached hydrogen (secondary N) is 1. The minimum Gasteiger partial charge on any atom is -0.317 e. The molecule has 92 valence electrons. The minimum atomic E-state index is 0.619. The maximum atomic E-state index is 3.43. The van der Waals surface area contributed by atoms with Crippen LogP contribution < -0.4 is 5.32 Å². The second-order valence-electron chi connectivity index (χ2n) is 4.24. The molecule has 1 atom stereocenters. The van der Waals surface area contributed by atoms with E-state index in [4.69, 9.17) is 0 Å². The van der Waals surface area contributed by atoms with Crippen molar-refractivity contribution in [3.05, 3.63) is 44.8 Å². The molecule has 0 saturated carbocycles. The molecule has 17 heavy (non-hydrogen) atoms. The highest BCUT2D eigenvalue weighted by atomic mass is 32.1. The van der Waals surface area contributed by atoms with E-state index in [1.54, 1.807) is 0 Å². The molecule has 0 aliphatic rings. The molecule has 0 aromatic carbocycles. The fraction of sp³-hybridized carbons (Fsp3) is 0.429. The van der Waals surface area contributed by atoms with E-state index in [0.717, 1.165) is 0 Å². The van der Waals surface area contributed by atoms with Crippen molar-refractivity contribution in [1.29, 1.82) is 0 Å². The summed E-state index contributed by atoms with van der Waals surface area (Å²) in [6.45, 7) is 0. The Balaban J connectivity index is 1.72. The molecule has 2 aromatic rings. The van der Waals surface area contributed by atoms with Gasteiger partial charge in [0.05, 0.1) is 0 Å². The number of aryl methyl sites for hydroxylation is 1. The van der Waals surface area contributed by atoms with Crippen molar-refractivity contribution in [2.45, 2.75) is 31.7 Å². The number of hydrogen-bond donors (Lipinski definition) is 1. The lowest BCUT2D eigenvalue weighted by molar-refractivity contribution is 0.506. The van der Waals surface area contributed by atoms with E-state index < -0.39 is 0 Å². The molecule has 0 amide bonds. The largest absolute Gasteiger partial charge is 0.317 e. The van der Waals surface area contributed by atoms with Crippen LogP contribution in [-0.4, -0.2) is 13.1 Å². The molecule has 2 heterocycles. The second-order valence-corrected chi connectivity index (χ2v) is 6.31. The lowest BCUT2D eigenvalue weighted by Gasteiger charge is -2.14. The maximum absolute atomic E-state index is 3.43. The first-order valence-electron chi connectivity index (χ1n) is 6.10. The molecule has 0 aliphatic carbocycles.